The molecule has 20 heavy (non-hydrogen) atoms. The Bertz CT molecular complexity index is 277. The first kappa shape index (κ1) is 17.4. The molecule has 0 aliphatic carbocycles. The molecule has 0 aromatic heterocycles. The largest absolute Gasteiger partial charge is 0.352 e. The lowest BCUT2D eigenvalue weighted by molar-refractivity contribution is -0.126. The third kappa shape index (κ3) is 5.80. The molecule has 0 bridgehead atoms. The molecular weight excluding hydrogens is 250 g/mol. The van der Waals surface area contributed by atoms with Gasteiger partial charge in [0.15, 0.2) is 0 Å². The molecule has 0 spiro atoms. The average molecular weight is 283 g/mol. The highest BCUT2D eigenvalue weighted by atomic mass is 16.2. The van der Waals surface area contributed by atoms with E-state index in [-0.39, 0.29) is 18.0 Å². The number of nitrogens with one attached hydrogen (secondary N) is 2. The zero-order chi connectivity index (χ0) is 15.0. The van der Waals surface area contributed by atoms with Gasteiger partial charge >= 0.3 is 0 Å². The Balaban J connectivity index is 2.43. The minimum Gasteiger partial charge on any atom is -0.352 e. The van der Waals surface area contributed by atoms with Crippen LogP contribution in [0.1, 0.15) is 53.4 Å². The maximum Gasteiger partial charge on any atom is 0.237 e. The summed E-state index contributed by atoms with van der Waals surface area (Å²) >= 11 is 0. The van der Waals surface area contributed by atoms with Crippen molar-refractivity contribution < 1.29 is 4.79 Å². The molecular formula is C16H33N3O. The Hall–Kier alpha value is -0.610. The van der Waals surface area contributed by atoms with Crippen molar-refractivity contribution >= 4 is 5.91 Å². The molecule has 1 aliphatic rings. The van der Waals surface area contributed by atoms with Crippen molar-refractivity contribution in [1.29, 1.82) is 0 Å². The molecule has 1 heterocycles. The number of carbonyl (C=O) groups is 1. The molecule has 0 aromatic carbocycles. The Morgan fingerprint density at radius 1 is 1.40 bits per heavy atom. The van der Waals surface area contributed by atoms with Gasteiger partial charge in [-0.1, -0.05) is 20.3 Å². The summed E-state index contributed by atoms with van der Waals surface area (Å²) in [5, 5.41) is 6.59. The first-order chi connectivity index (χ1) is 9.58. The molecule has 1 fully saturated rings. The highest BCUT2D eigenvalue weighted by Crippen LogP contribution is 2.13. The van der Waals surface area contributed by atoms with E-state index in [0.29, 0.717) is 5.92 Å². The van der Waals surface area contributed by atoms with Gasteiger partial charge in [0.1, 0.15) is 0 Å². The molecule has 3 atom stereocenters. The molecule has 4 nitrogen and oxygen atoms in total. The van der Waals surface area contributed by atoms with Crippen LogP contribution >= 0.6 is 0 Å². The fourth-order valence-corrected chi connectivity index (χ4v) is 3.01. The van der Waals surface area contributed by atoms with Crippen LogP contribution in [0.3, 0.4) is 0 Å². The fourth-order valence-electron chi connectivity index (χ4n) is 3.01. The molecule has 1 amide bonds. The van der Waals surface area contributed by atoms with Crippen LogP contribution in [0, 0.1) is 5.92 Å². The SMILES string of the molecule is CCCC(C)NC(=O)C(C)N(CC)CC1CCCNC1. The molecule has 1 saturated heterocycles. The zero-order valence-electron chi connectivity index (χ0n) is 13.7. The maximum absolute atomic E-state index is 12.3. The van der Waals surface area contributed by atoms with E-state index >= 15 is 0 Å². The van der Waals surface area contributed by atoms with Crippen LogP contribution in [-0.4, -0.2) is 49.1 Å². The number of hydrogen-bond donors (Lipinski definition) is 2. The normalized spacial score (nSPS) is 22.6. The summed E-state index contributed by atoms with van der Waals surface area (Å²) in [6.07, 6.45) is 4.71. The van der Waals surface area contributed by atoms with E-state index in [1.807, 2.05) is 6.92 Å². The average Bonchev–Trinajstić information content (AvgIpc) is 2.45. The van der Waals surface area contributed by atoms with Gasteiger partial charge in [-0.3, -0.25) is 9.69 Å². The lowest BCUT2D eigenvalue weighted by atomic mass is 9.98. The number of nitrogens with zero attached hydrogens (tertiary/aromatic N) is 1. The quantitative estimate of drug-likeness (QED) is 0.716. The molecule has 3 unspecified atom stereocenters. The lowest BCUT2D eigenvalue weighted by Crippen LogP contribution is -2.50. The van der Waals surface area contributed by atoms with E-state index in [0.717, 1.165) is 39.0 Å². The maximum atomic E-state index is 12.3. The number of carbonyl (C=O) groups excluding carboxylic acids is 1. The van der Waals surface area contributed by atoms with Crippen molar-refractivity contribution in [3.8, 4) is 0 Å². The third-order valence-corrected chi connectivity index (χ3v) is 4.34. The van der Waals surface area contributed by atoms with Crippen LogP contribution < -0.4 is 10.6 Å². The number of hydrogen-bond acceptors (Lipinski definition) is 3. The van der Waals surface area contributed by atoms with Gasteiger partial charge in [0.2, 0.25) is 5.91 Å². The highest BCUT2D eigenvalue weighted by molar-refractivity contribution is 5.81. The van der Waals surface area contributed by atoms with Gasteiger partial charge < -0.3 is 10.6 Å². The molecule has 0 radical (unpaired) electrons. The summed E-state index contributed by atoms with van der Waals surface area (Å²) in [5.74, 6) is 0.864. The first-order valence-corrected chi connectivity index (χ1v) is 8.33. The fraction of sp³-hybridized carbons (Fsp3) is 0.938. The lowest BCUT2D eigenvalue weighted by Gasteiger charge is -2.33. The van der Waals surface area contributed by atoms with Crippen molar-refractivity contribution in [2.24, 2.45) is 5.92 Å². The van der Waals surface area contributed by atoms with Crippen molar-refractivity contribution in [2.75, 3.05) is 26.2 Å². The minimum atomic E-state index is -0.0266. The smallest absolute Gasteiger partial charge is 0.237 e. The minimum absolute atomic E-state index is 0.0266. The van der Waals surface area contributed by atoms with Crippen molar-refractivity contribution in [2.45, 2.75) is 65.5 Å². The highest BCUT2D eigenvalue weighted by Gasteiger charge is 2.24. The Kier molecular flexibility index (Phi) is 8.15. The van der Waals surface area contributed by atoms with Gasteiger partial charge in [-0.2, -0.15) is 0 Å². The second-order valence-corrected chi connectivity index (χ2v) is 6.17. The van der Waals surface area contributed by atoms with E-state index in [9.17, 15) is 4.79 Å². The summed E-state index contributed by atoms with van der Waals surface area (Å²) in [6.45, 7) is 12.6. The predicted octanol–water partition coefficient (Wildman–Crippen LogP) is 2.00. The number of likely N-dealkylation sites (N-methyl/N-ethyl adjacent to an activating group) is 1. The summed E-state index contributed by atoms with van der Waals surface area (Å²) < 4.78 is 0. The Morgan fingerprint density at radius 3 is 2.70 bits per heavy atom. The van der Waals surface area contributed by atoms with Crippen LogP contribution in [0.2, 0.25) is 0 Å². The summed E-state index contributed by atoms with van der Waals surface area (Å²) in [5.41, 5.74) is 0. The standard InChI is InChI=1S/C16H33N3O/c1-5-8-13(3)18-16(20)14(4)19(6-2)12-15-9-7-10-17-11-15/h13-15,17H,5-12H2,1-4H3,(H,18,20). The van der Waals surface area contributed by atoms with Crippen LogP contribution in [0.5, 0.6) is 0 Å². The third-order valence-electron chi connectivity index (χ3n) is 4.34. The predicted molar refractivity (Wildman–Crippen MR) is 84.8 cm³/mol. The number of rotatable bonds is 8. The summed E-state index contributed by atoms with van der Waals surface area (Å²) in [6, 6.07) is 0.256. The van der Waals surface area contributed by atoms with E-state index in [1.54, 1.807) is 0 Å². The van der Waals surface area contributed by atoms with Gasteiger partial charge in [0.05, 0.1) is 6.04 Å². The molecule has 0 aromatic rings. The summed E-state index contributed by atoms with van der Waals surface area (Å²) in [7, 11) is 0. The van der Waals surface area contributed by atoms with Crippen LogP contribution in [0.15, 0.2) is 0 Å². The first-order valence-electron chi connectivity index (χ1n) is 8.33. The second kappa shape index (κ2) is 9.35. The van der Waals surface area contributed by atoms with E-state index < -0.39 is 0 Å². The monoisotopic (exact) mass is 283 g/mol. The molecule has 0 saturated carbocycles. The number of amides is 1. The van der Waals surface area contributed by atoms with Crippen LogP contribution in [0.4, 0.5) is 0 Å². The van der Waals surface area contributed by atoms with Crippen molar-refractivity contribution in [3.63, 3.8) is 0 Å². The van der Waals surface area contributed by atoms with E-state index in [1.165, 1.54) is 12.8 Å². The molecule has 1 rings (SSSR count). The molecule has 118 valence electrons. The van der Waals surface area contributed by atoms with E-state index in [2.05, 4.69) is 36.3 Å². The zero-order valence-corrected chi connectivity index (χ0v) is 13.7. The van der Waals surface area contributed by atoms with Gasteiger partial charge in [0.25, 0.3) is 0 Å². The van der Waals surface area contributed by atoms with Gasteiger partial charge in [-0.25, -0.2) is 0 Å². The Morgan fingerprint density at radius 2 is 2.15 bits per heavy atom. The number of piperidine rings is 1. The van der Waals surface area contributed by atoms with Crippen molar-refractivity contribution in [1.82, 2.24) is 15.5 Å². The van der Waals surface area contributed by atoms with E-state index in [4.69, 9.17) is 0 Å². The summed E-state index contributed by atoms with van der Waals surface area (Å²) in [4.78, 5) is 14.6. The van der Waals surface area contributed by atoms with Gasteiger partial charge in [-0.05, 0) is 58.7 Å². The topological polar surface area (TPSA) is 44.4 Å². The molecule has 2 N–H and O–H groups in total. The van der Waals surface area contributed by atoms with Gasteiger partial charge in [0, 0.05) is 12.6 Å². The molecule has 1 aliphatic heterocycles. The van der Waals surface area contributed by atoms with Crippen LogP contribution in [-0.2, 0) is 4.79 Å². The second-order valence-electron chi connectivity index (χ2n) is 6.17. The Labute approximate surface area is 124 Å². The van der Waals surface area contributed by atoms with Crippen molar-refractivity contribution in [3.05, 3.63) is 0 Å². The van der Waals surface area contributed by atoms with Gasteiger partial charge in [-0.15, -0.1) is 0 Å². The van der Waals surface area contributed by atoms with Crippen LogP contribution in [0.25, 0.3) is 0 Å². The molecule has 4 heteroatoms.